The molecule has 1 aromatic heterocycles. The van der Waals surface area contributed by atoms with Crippen LogP contribution in [0.15, 0.2) is 58.5 Å². The molecule has 0 bridgehead atoms. The van der Waals surface area contributed by atoms with E-state index in [1.165, 1.54) is 22.8 Å². The molecule has 0 aliphatic carbocycles. The molecule has 0 saturated carbocycles. The first-order chi connectivity index (χ1) is 13.5. The van der Waals surface area contributed by atoms with Gasteiger partial charge in [-0.05, 0) is 31.2 Å². The minimum atomic E-state index is -2.99. The third kappa shape index (κ3) is 4.48. The van der Waals surface area contributed by atoms with E-state index in [-0.39, 0.29) is 22.7 Å². The Morgan fingerprint density at radius 1 is 1.21 bits per heavy atom. The predicted molar refractivity (Wildman–Crippen MR) is 104 cm³/mol. The van der Waals surface area contributed by atoms with Crippen molar-refractivity contribution in [2.24, 2.45) is 0 Å². The van der Waals surface area contributed by atoms with Gasteiger partial charge in [-0.15, -0.1) is 0 Å². The van der Waals surface area contributed by atoms with Crippen LogP contribution in [0.1, 0.15) is 6.92 Å². The molecule has 3 rings (SSSR count). The van der Waals surface area contributed by atoms with E-state index in [1.807, 2.05) is 6.92 Å². The summed E-state index contributed by atoms with van der Waals surface area (Å²) in [7, 11) is 0. The van der Waals surface area contributed by atoms with Gasteiger partial charge in [-0.1, -0.05) is 36.0 Å². The largest absolute Gasteiger partial charge is 0.433 e. The Kier molecular flexibility index (Phi) is 6.25. The topological polar surface area (TPSA) is 73.2 Å². The van der Waals surface area contributed by atoms with Crippen LogP contribution in [-0.4, -0.2) is 27.8 Å². The fourth-order valence-corrected chi connectivity index (χ4v) is 3.48. The highest BCUT2D eigenvalue weighted by Crippen LogP contribution is 2.26. The van der Waals surface area contributed by atoms with Gasteiger partial charge in [-0.2, -0.15) is 8.78 Å². The Labute approximate surface area is 163 Å². The van der Waals surface area contributed by atoms with Crippen LogP contribution in [0.25, 0.3) is 10.9 Å². The van der Waals surface area contributed by atoms with E-state index < -0.39 is 12.5 Å². The van der Waals surface area contributed by atoms with Crippen molar-refractivity contribution in [3.05, 3.63) is 58.9 Å². The zero-order valence-electron chi connectivity index (χ0n) is 14.9. The number of carbonyl (C=O) groups is 1. The fraction of sp³-hybridized carbons (Fsp3) is 0.211. The molecule has 0 radical (unpaired) electrons. The smallest absolute Gasteiger partial charge is 0.387 e. The Morgan fingerprint density at radius 2 is 1.93 bits per heavy atom. The zero-order chi connectivity index (χ0) is 20.1. The standard InChI is InChI=1S/C19H17F2N3O3S/c1-2-24-17(26)12-7-3-4-8-13(12)23-19(24)28-11-16(25)22-14-9-5-6-10-15(14)27-18(20)21/h3-10,18H,2,11H2,1H3,(H,22,25). The van der Waals surface area contributed by atoms with Crippen molar-refractivity contribution in [3.63, 3.8) is 0 Å². The average molecular weight is 405 g/mol. The maximum Gasteiger partial charge on any atom is 0.387 e. The number of aromatic nitrogens is 2. The van der Waals surface area contributed by atoms with E-state index in [4.69, 9.17) is 0 Å². The number of para-hydroxylation sites is 3. The van der Waals surface area contributed by atoms with Crippen LogP contribution < -0.4 is 15.6 Å². The fourth-order valence-electron chi connectivity index (χ4n) is 2.62. The minimum Gasteiger partial charge on any atom is -0.433 e. The van der Waals surface area contributed by atoms with Gasteiger partial charge in [-0.3, -0.25) is 14.2 Å². The van der Waals surface area contributed by atoms with Crippen LogP contribution >= 0.6 is 11.8 Å². The summed E-state index contributed by atoms with van der Waals surface area (Å²) in [5, 5.41) is 3.47. The molecule has 146 valence electrons. The van der Waals surface area contributed by atoms with Gasteiger partial charge in [0.1, 0.15) is 5.75 Å². The molecular formula is C19H17F2N3O3S. The molecule has 1 heterocycles. The van der Waals surface area contributed by atoms with Gasteiger partial charge in [0, 0.05) is 6.54 Å². The number of hydrogen-bond acceptors (Lipinski definition) is 5. The molecule has 28 heavy (non-hydrogen) atoms. The lowest BCUT2D eigenvalue weighted by Crippen LogP contribution is -2.23. The first kappa shape index (κ1) is 19.8. The van der Waals surface area contributed by atoms with E-state index in [9.17, 15) is 18.4 Å². The number of nitrogens with zero attached hydrogens (tertiary/aromatic N) is 2. The van der Waals surface area contributed by atoms with Gasteiger partial charge in [0.25, 0.3) is 5.56 Å². The molecule has 0 aliphatic rings. The van der Waals surface area contributed by atoms with Crippen molar-refractivity contribution in [2.75, 3.05) is 11.1 Å². The lowest BCUT2D eigenvalue weighted by atomic mass is 10.2. The normalized spacial score (nSPS) is 11.0. The van der Waals surface area contributed by atoms with Gasteiger partial charge in [-0.25, -0.2) is 4.98 Å². The molecule has 0 atom stereocenters. The molecule has 0 aliphatic heterocycles. The van der Waals surface area contributed by atoms with Crippen molar-refractivity contribution < 1.29 is 18.3 Å². The Balaban J connectivity index is 1.76. The second-order valence-corrected chi connectivity index (χ2v) is 6.61. The predicted octanol–water partition coefficient (Wildman–Crippen LogP) is 3.75. The first-order valence-electron chi connectivity index (χ1n) is 8.45. The molecule has 1 amide bonds. The third-order valence-corrected chi connectivity index (χ3v) is 4.83. The van der Waals surface area contributed by atoms with E-state index >= 15 is 0 Å². The number of nitrogens with one attached hydrogen (secondary N) is 1. The van der Waals surface area contributed by atoms with E-state index in [2.05, 4.69) is 15.0 Å². The Morgan fingerprint density at radius 3 is 2.68 bits per heavy atom. The molecular weight excluding hydrogens is 388 g/mol. The van der Waals surface area contributed by atoms with Gasteiger partial charge in [0.15, 0.2) is 5.16 Å². The highest BCUT2D eigenvalue weighted by Gasteiger charge is 2.14. The number of fused-ring (bicyclic) bond motifs is 1. The number of anilines is 1. The quantitative estimate of drug-likeness (QED) is 0.479. The molecule has 1 N–H and O–H groups in total. The van der Waals surface area contributed by atoms with Crippen molar-refractivity contribution >= 4 is 34.3 Å². The summed E-state index contributed by atoms with van der Waals surface area (Å²) in [6.07, 6.45) is 0. The monoisotopic (exact) mass is 405 g/mol. The lowest BCUT2D eigenvalue weighted by Gasteiger charge is -2.13. The average Bonchev–Trinajstić information content (AvgIpc) is 2.68. The van der Waals surface area contributed by atoms with Crippen LogP contribution in [0.2, 0.25) is 0 Å². The molecule has 0 unspecified atom stereocenters. The summed E-state index contributed by atoms with van der Waals surface area (Å²) >= 11 is 1.10. The lowest BCUT2D eigenvalue weighted by molar-refractivity contribution is -0.113. The number of benzene rings is 2. The number of halogens is 2. The number of amides is 1. The van der Waals surface area contributed by atoms with Crippen molar-refractivity contribution in [1.82, 2.24) is 9.55 Å². The number of hydrogen-bond donors (Lipinski definition) is 1. The van der Waals surface area contributed by atoms with E-state index in [1.54, 1.807) is 30.3 Å². The molecule has 3 aromatic rings. The summed E-state index contributed by atoms with van der Waals surface area (Å²) in [5.41, 5.74) is 0.523. The minimum absolute atomic E-state index is 0.0478. The first-order valence-corrected chi connectivity index (χ1v) is 9.44. The summed E-state index contributed by atoms with van der Waals surface area (Å²) < 4.78 is 30.8. The summed E-state index contributed by atoms with van der Waals surface area (Å²) in [6, 6.07) is 12.9. The number of rotatable bonds is 7. The number of carbonyl (C=O) groups excluding carboxylic acids is 1. The number of ether oxygens (including phenoxy) is 1. The van der Waals surface area contributed by atoms with Crippen LogP contribution in [0.3, 0.4) is 0 Å². The zero-order valence-corrected chi connectivity index (χ0v) is 15.7. The van der Waals surface area contributed by atoms with Crippen LogP contribution in [0, 0.1) is 0 Å². The van der Waals surface area contributed by atoms with Crippen LogP contribution in [0.4, 0.5) is 14.5 Å². The van der Waals surface area contributed by atoms with Gasteiger partial charge in [0.05, 0.1) is 22.3 Å². The maximum atomic E-state index is 12.6. The summed E-state index contributed by atoms with van der Waals surface area (Å²) in [6.45, 7) is -0.765. The Hall–Kier alpha value is -2.94. The third-order valence-electron chi connectivity index (χ3n) is 3.85. The van der Waals surface area contributed by atoms with Crippen molar-refractivity contribution in [1.29, 1.82) is 0 Å². The van der Waals surface area contributed by atoms with Gasteiger partial charge >= 0.3 is 6.61 Å². The Bertz CT molecular complexity index is 1060. The molecule has 0 fully saturated rings. The SMILES string of the molecule is CCn1c(SCC(=O)Nc2ccccc2OC(F)F)nc2ccccc2c1=O. The molecule has 9 heteroatoms. The van der Waals surface area contributed by atoms with E-state index in [0.717, 1.165) is 11.8 Å². The summed E-state index contributed by atoms with van der Waals surface area (Å²) in [5.74, 6) is -0.598. The van der Waals surface area contributed by atoms with Crippen LogP contribution in [-0.2, 0) is 11.3 Å². The number of alkyl halides is 2. The summed E-state index contributed by atoms with van der Waals surface area (Å²) in [4.78, 5) is 29.3. The van der Waals surface area contributed by atoms with Gasteiger partial charge < -0.3 is 10.1 Å². The highest BCUT2D eigenvalue weighted by atomic mass is 32.2. The van der Waals surface area contributed by atoms with Gasteiger partial charge in [0.2, 0.25) is 5.91 Å². The van der Waals surface area contributed by atoms with Crippen molar-refractivity contribution in [3.8, 4) is 5.75 Å². The number of thioether (sulfide) groups is 1. The highest BCUT2D eigenvalue weighted by molar-refractivity contribution is 7.99. The molecule has 2 aromatic carbocycles. The molecule has 6 nitrogen and oxygen atoms in total. The van der Waals surface area contributed by atoms with Crippen molar-refractivity contribution in [2.45, 2.75) is 25.2 Å². The second kappa shape index (κ2) is 8.83. The molecule has 0 saturated heterocycles. The second-order valence-electron chi connectivity index (χ2n) is 5.67. The molecule has 0 spiro atoms. The maximum absolute atomic E-state index is 12.6. The van der Waals surface area contributed by atoms with Crippen LogP contribution in [0.5, 0.6) is 5.75 Å². The van der Waals surface area contributed by atoms with E-state index in [0.29, 0.717) is 22.6 Å².